The van der Waals surface area contributed by atoms with Crippen molar-refractivity contribution in [3.05, 3.63) is 54.1 Å². The first-order chi connectivity index (χ1) is 12.4. The van der Waals surface area contributed by atoms with E-state index < -0.39 is 10.2 Å². The van der Waals surface area contributed by atoms with Gasteiger partial charge in [-0.15, -0.1) is 0 Å². The van der Waals surface area contributed by atoms with Gasteiger partial charge < -0.3 is 10.6 Å². The highest BCUT2D eigenvalue weighted by Gasteiger charge is 2.35. The van der Waals surface area contributed by atoms with Crippen LogP contribution in [0.25, 0.3) is 0 Å². The summed E-state index contributed by atoms with van der Waals surface area (Å²) < 4.78 is 26.7. The topological polar surface area (TPSA) is 81.8 Å². The number of fused-ring (bicyclic) bond motifs is 1. The summed E-state index contributed by atoms with van der Waals surface area (Å²) in [5.74, 6) is 0. The molecule has 26 heavy (non-hydrogen) atoms. The van der Waals surface area contributed by atoms with Crippen LogP contribution in [0.15, 0.2) is 48.5 Å². The Bertz CT molecular complexity index is 900. The number of anilines is 3. The van der Waals surface area contributed by atoms with Gasteiger partial charge in [0.05, 0.1) is 11.4 Å². The van der Waals surface area contributed by atoms with Gasteiger partial charge in [0.25, 0.3) is 0 Å². The lowest BCUT2D eigenvalue weighted by Gasteiger charge is -2.13. The first kappa shape index (κ1) is 18.1. The highest BCUT2D eigenvalue weighted by Crippen LogP contribution is 2.40. The molecule has 0 saturated heterocycles. The van der Waals surface area contributed by atoms with Crippen LogP contribution < -0.4 is 19.2 Å². The van der Waals surface area contributed by atoms with Gasteiger partial charge in [-0.25, -0.2) is 4.79 Å². The average Bonchev–Trinajstić information content (AvgIpc) is 2.80. The maximum absolute atomic E-state index is 12.1. The zero-order chi connectivity index (χ0) is 18.7. The van der Waals surface area contributed by atoms with Crippen LogP contribution in [0.1, 0.15) is 12.0 Å². The molecule has 8 heteroatoms. The Labute approximate surface area is 153 Å². The Balaban J connectivity index is 1.54. The number of hydrogen-bond donors (Lipinski definition) is 2. The second-order valence-corrected chi connectivity index (χ2v) is 8.11. The number of nitrogens with zero attached hydrogens (tertiary/aromatic N) is 2. The number of carbonyl (C=O) groups excluding carboxylic acids is 1. The van der Waals surface area contributed by atoms with Crippen LogP contribution >= 0.6 is 0 Å². The molecule has 0 aromatic heterocycles. The smallest absolute Gasteiger partial charge is 0.326 e. The third-order valence-corrected chi connectivity index (χ3v) is 6.15. The fourth-order valence-electron chi connectivity index (χ4n) is 2.87. The summed E-state index contributed by atoms with van der Waals surface area (Å²) in [4.78, 5) is 12.0. The van der Waals surface area contributed by atoms with Crippen molar-refractivity contribution in [1.82, 2.24) is 5.32 Å². The minimum absolute atomic E-state index is 0.310. The summed E-state index contributed by atoms with van der Waals surface area (Å²) in [6.07, 6.45) is 1.74. The van der Waals surface area contributed by atoms with Crippen LogP contribution in [-0.4, -0.2) is 35.1 Å². The molecule has 0 atom stereocenters. The summed E-state index contributed by atoms with van der Waals surface area (Å²) in [7, 11) is -0.518. The molecule has 138 valence electrons. The predicted octanol–water partition coefficient (Wildman–Crippen LogP) is 2.57. The number of urea groups is 1. The van der Waals surface area contributed by atoms with Crippen LogP contribution in [0.4, 0.5) is 21.9 Å². The second-order valence-electron chi connectivity index (χ2n) is 6.12. The van der Waals surface area contributed by atoms with Gasteiger partial charge in [0, 0.05) is 26.3 Å². The Hall–Kier alpha value is -2.74. The van der Waals surface area contributed by atoms with Crippen LogP contribution in [-0.2, 0) is 16.6 Å². The molecule has 1 aliphatic heterocycles. The molecule has 2 aromatic rings. The first-order valence-electron chi connectivity index (χ1n) is 8.35. The van der Waals surface area contributed by atoms with Crippen molar-refractivity contribution in [2.45, 2.75) is 12.8 Å². The van der Waals surface area contributed by atoms with E-state index in [0.717, 1.165) is 12.8 Å². The third-order valence-electron chi connectivity index (χ3n) is 4.37. The van der Waals surface area contributed by atoms with E-state index in [4.69, 9.17) is 0 Å². The summed E-state index contributed by atoms with van der Waals surface area (Å²) in [5.41, 5.74) is 2.90. The molecule has 0 saturated carbocycles. The van der Waals surface area contributed by atoms with Crippen molar-refractivity contribution >= 4 is 33.3 Å². The molecule has 0 spiro atoms. The Kier molecular flexibility index (Phi) is 5.03. The van der Waals surface area contributed by atoms with Crippen LogP contribution in [0, 0.1) is 0 Å². The minimum Gasteiger partial charge on any atom is -0.338 e. The lowest BCUT2D eigenvalue weighted by Crippen LogP contribution is -2.32. The molecule has 0 fully saturated rings. The summed E-state index contributed by atoms with van der Waals surface area (Å²) in [5, 5.41) is 5.56. The minimum atomic E-state index is -3.51. The molecule has 0 unspecified atom stereocenters. The maximum Gasteiger partial charge on any atom is 0.326 e. The van der Waals surface area contributed by atoms with Gasteiger partial charge >= 0.3 is 16.2 Å². The molecule has 0 radical (unpaired) electrons. The molecule has 3 rings (SSSR count). The van der Waals surface area contributed by atoms with E-state index in [0.29, 0.717) is 23.6 Å². The van der Waals surface area contributed by atoms with Gasteiger partial charge in [-0.3, -0.25) is 8.61 Å². The van der Waals surface area contributed by atoms with Gasteiger partial charge in [0.2, 0.25) is 0 Å². The van der Waals surface area contributed by atoms with Crippen molar-refractivity contribution in [3.63, 3.8) is 0 Å². The lowest BCUT2D eigenvalue weighted by atomic mass is 10.1. The van der Waals surface area contributed by atoms with Crippen molar-refractivity contribution in [2.24, 2.45) is 0 Å². The number of amides is 2. The van der Waals surface area contributed by atoms with Crippen LogP contribution in [0.5, 0.6) is 0 Å². The number of hydrogen-bond acceptors (Lipinski definition) is 3. The van der Waals surface area contributed by atoms with Gasteiger partial charge in [0.15, 0.2) is 0 Å². The van der Waals surface area contributed by atoms with Crippen LogP contribution in [0.3, 0.4) is 0 Å². The quantitative estimate of drug-likeness (QED) is 0.789. The molecule has 0 aliphatic carbocycles. The van der Waals surface area contributed by atoms with E-state index in [2.05, 4.69) is 22.8 Å². The highest BCUT2D eigenvalue weighted by atomic mass is 32.2. The largest absolute Gasteiger partial charge is 0.338 e. The number of nitrogens with one attached hydrogen (secondary N) is 2. The van der Waals surface area contributed by atoms with Gasteiger partial charge in [-0.1, -0.05) is 30.3 Å². The van der Waals surface area contributed by atoms with Crippen molar-refractivity contribution in [2.75, 3.05) is 34.6 Å². The number of aryl methyl sites for hydroxylation is 1. The van der Waals surface area contributed by atoms with E-state index >= 15 is 0 Å². The van der Waals surface area contributed by atoms with Gasteiger partial charge in [-0.2, -0.15) is 8.42 Å². The molecular weight excluding hydrogens is 352 g/mol. The van der Waals surface area contributed by atoms with Gasteiger partial charge in [0.1, 0.15) is 0 Å². The van der Waals surface area contributed by atoms with E-state index in [-0.39, 0.29) is 6.03 Å². The first-order valence-corrected chi connectivity index (χ1v) is 9.75. The highest BCUT2D eigenvalue weighted by molar-refractivity contribution is 7.94. The SMILES string of the molecule is CN1c2ccc(NC(=O)NCCCc3ccccc3)cc2N(C)S1(=O)=O. The molecule has 1 aliphatic rings. The van der Waals surface area contributed by atoms with Crippen LogP contribution in [0.2, 0.25) is 0 Å². The molecular formula is C18H22N4O3S. The molecule has 2 N–H and O–H groups in total. The summed E-state index contributed by atoms with van der Waals surface area (Å²) in [6, 6.07) is 14.8. The average molecular weight is 374 g/mol. The summed E-state index contributed by atoms with van der Waals surface area (Å²) >= 11 is 0. The fourth-order valence-corrected chi connectivity index (χ4v) is 4.03. The molecule has 1 heterocycles. The monoisotopic (exact) mass is 374 g/mol. The molecule has 2 aromatic carbocycles. The third kappa shape index (κ3) is 3.60. The van der Waals surface area contributed by atoms with Gasteiger partial charge in [-0.05, 0) is 36.6 Å². The lowest BCUT2D eigenvalue weighted by molar-refractivity contribution is 0.252. The van der Waals surface area contributed by atoms with Crippen molar-refractivity contribution in [3.8, 4) is 0 Å². The van der Waals surface area contributed by atoms with Crippen molar-refractivity contribution in [1.29, 1.82) is 0 Å². The van der Waals surface area contributed by atoms with E-state index in [1.54, 1.807) is 18.2 Å². The maximum atomic E-state index is 12.1. The normalized spacial score (nSPS) is 14.8. The predicted molar refractivity (Wildman–Crippen MR) is 104 cm³/mol. The Morgan fingerprint density at radius 3 is 2.42 bits per heavy atom. The standard InChI is InChI=1S/C18H22N4O3S/c1-21-16-11-10-15(13-17(16)22(2)26(21,24)25)20-18(23)19-12-6-9-14-7-4-3-5-8-14/h3-5,7-8,10-11,13H,6,9,12H2,1-2H3,(H2,19,20,23). The number of benzene rings is 2. The zero-order valence-corrected chi connectivity index (χ0v) is 15.6. The zero-order valence-electron chi connectivity index (χ0n) is 14.8. The van der Waals surface area contributed by atoms with E-state index in [1.807, 2.05) is 18.2 Å². The number of carbonyl (C=O) groups is 1. The fraction of sp³-hybridized carbons (Fsp3) is 0.278. The molecule has 2 amide bonds. The van der Waals surface area contributed by atoms with E-state index in [1.165, 1.54) is 28.3 Å². The van der Waals surface area contributed by atoms with Crippen molar-refractivity contribution < 1.29 is 13.2 Å². The second kappa shape index (κ2) is 7.25. The molecule has 7 nitrogen and oxygen atoms in total. The summed E-state index contributed by atoms with van der Waals surface area (Å²) in [6.45, 7) is 0.558. The molecule has 0 bridgehead atoms. The Morgan fingerprint density at radius 1 is 1.00 bits per heavy atom. The Morgan fingerprint density at radius 2 is 1.69 bits per heavy atom. The number of rotatable bonds is 5. The van der Waals surface area contributed by atoms with E-state index in [9.17, 15) is 13.2 Å².